The lowest BCUT2D eigenvalue weighted by atomic mass is 9.79. The molecule has 0 spiro atoms. The van der Waals surface area contributed by atoms with Crippen LogP contribution in [0, 0.1) is 5.92 Å². The molecule has 4 rings (SSSR count). The molecule has 5 nitrogen and oxygen atoms in total. The average Bonchev–Trinajstić information content (AvgIpc) is 2.60. The van der Waals surface area contributed by atoms with Crippen molar-refractivity contribution in [1.29, 1.82) is 0 Å². The molecule has 2 unspecified atom stereocenters. The predicted octanol–water partition coefficient (Wildman–Crippen LogP) is 2.38. The van der Waals surface area contributed by atoms with Crippen molar-refractivity contribution >= 4 is 11.6 Å². The van der Waals surface area contributed by atoms with E-state index < -0.39 is 0 Å². The monoisotopic (exact) mass is 314 g/mol. The summed E-state index contributed by atoms with van der Waals surface area (Å²) in [6.45, 7) is 1.65. The van der Waals surface area contributed by atoms with Crippen molar-refractivity contribution in [2.75, 3.05) is 27.3 Å². The molecule has 1 fully saturated rings. The van der Waals surface area contributed by atoms with Crippen LogP contribution in [0.25, 0.3) is 0 Å². The Kier molecular flexibility index (Phi) is 3.51. The van der Waals surface area contributed by atoms with Gasteiger partial charge >= 0.3 is 0 Å². The van der Waals surface area contributed by atoms with Gasteiger partial charge < -0.3 is 14.4 Å². The van der Waals surface area contributed by atoms with E-state index in [-0.39, 0.29) is 17.9 Å². The van der Waals surface area contributed by atoms with Crippen molar-refractivity contribution in [2.45, 2.75) is 31.7 Å². The maximum absolute atomic E-state index is 12.9. The molecule has 3 aliphatic rings. The summed E-state index contributed by atoms with van der Waals surface area (Å²) in [6.07, 6.45) is 3.72. The largest absolute Gasteiger partial charge is 0.493 e. The fourth-order valence-corrected chi connectivity index (χ4v) is 4.18. The van der Waals surface area contributed by atoms with Crippen molar-refractivity contribution in [3.8, 4) is 11.5 Å². The molecule has 2 atom stereocenters. The first kappa shape index (κ1) is 14.5. The number of ether oxygens (including phenoxy) is 2. The average molecular weight is 314 g/mol. The number of hydrogen-bond donors (Lipinski definition) is 0. The number of rotatable bonds is 2. The Morgan fingerprint density at radius 1 is 1.22 bits per heavy atom. The molecule has 0 aliphatic carbocycles. The molecule has 1 aromatic carbocycles. The van der Waals surface area contributed by atoms with E-state index in [1.165, 1.54) is 11.1 Å². The van der Waals surface area contributed by atoms with Gasteiger partial charge in [0.1, 0.15) is 0 Å². The van der Waals surface area contributed by atoms with Crippen molar-refractivity contribution in [2.24, 2.45) is 10.9 Å². The Hall–Kier alpha value is -2.04. The van der Waals surface area contributed by atoms with Crippen LogP contribution in [0.4, 0.5) is 0 Å². The summed E-state index contributed by atoms with van der Waals surface area (Å²) in [5.74, 6) is 1.78. The zero-order valence-electron chi connectivity index (χ0n) is 13.7. The SMILES string of the molecule is COc1cc2c(cc1OC)C1CC3=NCCCC3C(=O)N1CC2. The number of methoxy groups -OCH3 is 2. The number of carbonyl (C=O) groups is 1. The van der Waals surface area contributed by atoms with Gasteiger partial charge in [0.2, 0.25) is 5.91 Å². The number of aliphatic imine (C=N–C) groups is 1. The zero-order chi connectivity index (χ0) is 16.0. The highest BCUT2D eigenvalue weighted by molar-refractivity contribution is 6.07. The molecule has 0 radical (unpaired) electrons. The highest BCUT2D eigenvalue weighted by atomic mass is 16.5. The van der Waals surface area contributed by atoms with Crippen LogP contribution in [0.15, 0.2) is 17.1 Å². The molecule has 0 N–H and O–H groups in total. The molecule has 0 aromatic heterocycles. The van der Waals surface area contributed by atoms with E-state index in [2.05, 4.69) is 16.0 Å². The smallest absolute Gasteiger partial charge is 0.231 e. The van der Waals surface area contributed by atoms with E-state index in [1.807, 2.05) is 6.07 Å². The summed E-state index contributed by atoms with van der Waals surface area (Å²) in [5, 5.41) is 0. The van der Waals surface area contributed by atoms with E-state index in [1.54, 1.807) is 14.2 Å². The van der Waals surface area contributed by atoms with Gasteiger partial charge in [-0.1, -0.05) is 0 Å². The van der Waals surface area contributed by atoms with E-state index in [4.69, 9.17) is 9.47 Å². The Morgan fingerprint density at radius 3 is 2.78 bits per heavy atom. The van der Waals surface area contributed by atoms with Gasteiger partial charge in [0, 0.05) is 25.2 Å². The van der Waals surface area contributed by atoms with Crippen molar-refractivity contribution in [1.82, 2.24) is 4.90 Å². The number of amides is 1. The molecule has 0 bridgehead atoms. The van der Waals surface area contributed by atoms with Gasteiger partial charge in [-0.3, -0.25) is 9.79 Å². The molecule has 1 aromatic rings. The van der Waals surface area contributed by atoms with Crippen molar-refractivity contribution < 1.29 is 14.3 Å². The third-order valence-electron chi connectivity index (χ3n) is 5.35. The van der Waals surface area contributed by atoms with Gasteiger partial charge in [0.25, 0.3) is 0 Å². The topological polar surface area (TPSA) is 51.1 Å². The number of carbonyl (C=O) groups excluding carboxylic acids is 1. The normalized spacial score (nSPS) is 25.9. The van der Waals surface area contributed by atoms with Crippen LogP contribution < -0.4 is 9.47 Å². The summed E-state index contributed by atoms with van der Waals surface area (Å²) in [5.41, 5.74) is 3.55. The highest BCUT2D eigenvalue weighted by Gasteiger charge is 2.43. The second-order valence-electron chi connectivity index (χ2n) is 6.48. The van der Waals surface area contributed by atoms with Gasteiger partial charge in [-0.05, 0) is 42.5 Å². The van der Waals surface area contributed by atoms with Crippen LogP contribution in [-0.2, 0) is 11.2 Å². The lowest BCUT2D eigenvalue weighted by molar-refractivity contribution is -0.138. The Balaban J connectivity index is 1.77. The quantitative estimate of drug-likeness (QED) is 0.842. The van der Waals surface area contributed by atoms with Gasteiger partial charge in [-0.15, -0.1) is 0 Å². The van der Waals surface area contributed by atoms with Crippen LogP contribution in [0.3, 0.4) is 0 Å². The van der Waals surface area contributed by atoms with Gasteiger partial charge in [-0.2, -0.15) is 0 Å². The molecule has 5 heteroatoms. The maximum Gasteiger partial charge on any atom is 0.231 e. The Morgan fingerprint density at radius 2 is 2.00 bits per heavy atom. The van der Waals surface area contributed by atoms with Crippen LogP contribution in [0.2, 0.25) is 0 Å². The Bertz CT molecular complexity index is 683. The van der Waals surface area contributed by atoms with Crippen LogP contribution in [0.1, 0.15) is 36.4 Å². The molecule has 1 saturated heterocycles. The minimum atomic E-state index is 0.0293. The second kappa shape index (κ2) is 5.55. The minimum Gasteiger partial charge on any atom is -0.493 e. The number of hydrogen-bond acceptors (Lipinski definition) is 4. The molecule has 122 valence electrons. The number of benzene rings is 1. The second-order valence-corrected chi connectivity index (χ2v) is 6.48. The van der Waals surface area contributed by atoms with Crippen LogP contribution >= 0.6 is 0 Å². The van der Waals surface area contributed by atoms with E-state index >= 15 is 0 Å². The minimum absolute atomic E-state index is 0.0293. The van der Waals surface area contributed by atoms with Gasteiger partial charge in [0.15, 0.2) is 11.5 Å². The Labute approximate surface area is 136 Å². The lowest BCUT2D eigenvalue weighted by Gasteiger charge is -2.45. The third kappa shape index (κ3) is 2.21. The first-order valence-electron chi connectivity index (χ1n) is 8.31. The van der Waals surface area contributed by atoms with Gasteiger partial charge in [-0.25, -0.2) is 0 Å². The molecule has 1 amide bonds. The maximum atomic E-state index is 12.9. The number of fused-ring (bicyclic) bond motifs is 4. The van der Waals surface area contributed by atoms with Gasteiger partial charge in [0.05, 0.1) is 26.2 Å². The predicted molar refractivity (Wildman–Crippen MR) is 87.3 cm³/mol. The number of piperidine rings is 1. The fourth-order valence-electron chi connectivity index (χ4n) is 4.18. The lowest BCUT2D eigenvalue weighted by Crippen LogP contribution is -2.51. The van der Waals surface area contributed by atoms with Crippen LogP contribution in [-0.4, -0.2) is 43.8 Å². The van der Waals surface area contributed by atoms with Crippen molar-refractivity contribution in [3.63, 3.8) is 0 Å². The first-order valence-corrected chi connectivity index (χ1v) is 8.31. The first-order chi connectivity index (χ1) is 11.2. The molecule has 3 heterocycles. The molecular weight excluding hydrogens is 292 g/mol. The molecule has 3 aliphatic heterocycles. The fraction of sp³-hybridized carbons (Fsp3) is 0.556. The van der Waals surface area contributed by atoms with E-state index in [0.717, 1.165) is 56.0 Å². The molecular formula is C18H22N2O3. The standard InChI is InChI=1S/C18H22N2O3/c1-22-16-8-11-5-7-20-15(13(11)9-17(16)23-2)10-14-12(18(20)21)4-3-6-19-14/h8-9,12,15H,3-7,10H2,1-2H3. The van der Waals surface area contributed by atoms with Crippen molar-refractivity contribution in [3.05, 3.63) is 23.3 Å². The summed E-state index contributed by atoms with van der Waals surface area (Å²) in [4.78, 5) is 19.6. The highest BCUT2D eigenvalue weighted by Crippen LogP contribution is 2.43. The molecule has 23 heavy (non-hydrogen) atoms. The third-order valence-corrected chi connectivity index (χ3v) is 5.35. The zero-order valence-corrected chi connectivity index (χ0v) is 13.7. The summed E-state index contributed by atoms with van der Waals surface area (Å²) in [7, 11) is 3.31. The summed E-state index contributed by atoms with van der Waals surface area (Å²) < 4.78 is 10.9. The van der Waals surface area contributed by atoms with E-state index in [9.17, 15) is 4.79 Å². The van der Waals surface area contributed by atoms with Crippen LogP contribution in [0.5, 0.6) is 11.5 Å². The van der Waals surface area contributed by atoms with E-state index in [0.29, 0.717) is 0 Å². The molecule has 0 saturated carbocycles. The summed E-state index contributed by atoms with van der Waals surface area (Å²) in [6, 6.07) is 4.20. The summed E-state index contributed by atoms with van der Waals surface area (Å²) >= 11 is 0. The number of nitrogens with zero attached hydrogens (tertiary/aromatic N) is 2.